The number of hydrogen-bond acceptors (Lipinski definition) is 4. The zero-order chi connectivity index (χ0) is 98.9. The molecule has 18 aromatic rings. The number of rotatable bonds is 10. The minimum absolute atomic E-state index is 0.0136. The Morgan fingerprint density at radius 2 is 0.950 bits per heavy atom. The molecule has 2 aliphatic heterocycles. The first-order chi connectivity index (χ1) is 67.3. The molecule has 5 aliphatic rings. The van der Waals surface area contributed by atoms with Gasteiger partial charge in [0.05, 0.1) is 61.2 Å². The van der Waals surface area contributed by atoms with E-state index >= 15 is 0 Å². The summed E-state index contributed by atoms with van der Waals surface area (Å²) in [6, 6.07) is 41.0. The molecule has 4 aromatic heterocycles. The Bertz CT molecular complexity index is 8620. The molecule has 0 saturated heterocycles. The Kier molecular flexibility index (Phi) is 12.7. The Morgan fingerprint density at radius 1 is 0.430 bits per heavy atom. The molecule has 0 saturated carbocycles. The van der Waals surface area contributed by atoms with Crippen LogP contribution in [0.5, 0.6) is 0 Å². The lowest BCUT2D eigenvalue weighted by molar-refractivity contribution is 0.220. The van der Waals surface area contributed by atoms with Gasteiger partial charge in [-0.3, -0.25) is 0 Å². The molecule has 0 N–H and O–H groups in total. The molecule has 0 amide bonds. The average molecular weight is 1590 g/mol. The summed E-state index contributed by atoms with van der Waals surface area (Å²) < 4.78 is 230. The van der Waals surface area contributed by atoms with E-state index in [1.54, 1.807) is 36.4 Å². The van der Waals surface area contributed by atoms with Gasteiger partial charge in [0.15, 0.2) is 0 Å². The quantitative estimate of drug-likeness (QED) is 0.101. The van der Waals surface area contributed by atoms with Crippen molar-refractivity contribution in [2.24, 2.45) is 23.2 Å². The third-order valence-corrected chi connectivity index (χ3v) is 26.5. The van der Waals surface area contributed by atoms with Gasteiger partial charge in [0.25, 0.3) is 6.71 Å². The summed E-state index contributed by atoms with van der Waals surface area (Å²) in [5.74, 6) is -0.531. The van der Waals surface area contributed by atoms with Crippen molar-refractivity contribution >= 4 is 139 Å². The number of anilines is 5. The van der Waals surface area contributed by atoms with Crippen molar-refractivity contribution in [1.82, 2.24) is 9.13 Å². The largest absolute Gasteiger partial charge is 0.455 e. The molecule has 7 heteroatoms. The number of furan rings is 2. The second-order valence-corrected chi connectivity index (χ2v) is 36.7. The van der Waals surface area contributed by atoms with E-state index < -0.39 is 156 Å². The number of para-hydroxylation sites is 6. The van der Waals surface area contributed by atoms with Crippen molar-refractivity contribution in [3.8, 4) is 55.9 Å². The van der Waals surface area contributed by atoms with E-state index in [0.29, 0.717) is 79.6 Å². The van der Waals surface area contributed by atoms with E-state index in [0.717, 1.165) is 77.1 Å². The molecule has 0 radical (unpaired) electrons. The Labute approximate surface area is 737 Å². The molecule has 0 bridgehead atoms. The first kappa shape index (κ1) is 55.1. The minimum atomic E-state index is -1.57. The summed E-state index contributed by atoms with van der Waals surface area (Å²) in [7, 11) is 0. The molecule has 3 aliphatic carbocycles. The molecule has 4 unspecified atom stereocenters. The maximum atomic E-state index is 12.2. The lowest BCUT2D eigenvalue weighted by atomic mass is 9.33. The lowest BCUT2D eigenvalue weighted by Gasteiger charge is -2.53. The van der Waals surface area contributed by atoms with Gasteiger partial charge in [0.2, 0.25) is 0 Å². The highest BCUT2D eigenvalue weighted by molar-refractivity contribution is 7.00. The first-order valence-corrected chi connectivity index (χ1v) is 42.6. The van der Waals surface area contributed by atoms with Gasteiger partial charge in [-0.15, -0.1) is 0 Å². The number of nitrogens with zero attached hydrogens (tertiary/aromatic N) is 4. The number of benzene rings is 14. The highest BCUT2D eigenvalue weighted by Gasteiger charge is 2.51. The SMILES string of the molecule is [2H]c1c([2H])c(-n2c3c([2H])c([2H])c([2H])c([2H])c3c3c([2H])c(-c4cccc5c4oc4ccccc45)c([2H])c([2H])c32)c([2H])c2c1B1c3c(cc(C(C)(C)C)cc3N(C3C(C4CC=CCC4)=CC(C(C)(C)C)CC3C3=CCCCC3)c3c([2H])c(-n4c5c([2H])c([2H])c([2H])c([2H])c5c5c([2H])c(-c6cccc7c6oc6ccccc67)c([2H])c([2H])c54)c([2H])c([2H])c31)N2c1c(-c2ccccc2)cc(C(C)(C)C)cc1-c1ccccc1. The molecule has 121 heavy (non-hydrogen) atoms. The summed E-state index contributed by atoms with van der Waals surface area (Å²) >= 11 is 0. The average Bonchev–Trinajstić information content (AvgIpc) is 1.49. The molecule has 14 aromatic carbocycles. The van der Waals surface area contributed by atoms with E-state index in [1.807, 2.05) is 114 Å². The maximum Gasteiger partial charge on any atom is 0.252 e. The summed E-state index contributed by atoms with van der Waals surface area (Å²) in [4.78, 5) is 4.24. The van der Waals surface area contributed by atoms with Gasteiger partial charge in [-0.25, -0.2) is 0 Å². The van der Waals surface area contributed by atoms with Crippen LogP contribution in [0.25, 0.3) is 143 Å². The van der Waals surface area contributed by atoms with E-state index in [4.69, 9.17) is 8.83 Å². The predicted molar refractivity (Wildman–Crippen MR) is 513 cm³/mol. The highest BCUT2D eigenvalue weighted by Crippen LogP contribution is 2.57. The normalized spacial score (nSPS) is 19.9. The molecule has 4 atom stereocenters. The zero-order valence-corrected chi connectivity index (χ0v) is 69.1. The van der Waals surface area contributed by atoms with Crippen LogP contribution in [0, 0.1) is 23.2 Å². The van der Waals surface area contributed by atoms with Crippen molar-refractivity contribution in [2.45, 2.75) is 131 Å². The van der Waals surface area contributed by atoms with E-state index in [9.17, 15) is 27.4 Å². The van der Waals surface area contributed by atoms with Gasteiger partial charge in [-0.2, -0.15) is 0 Å². The van der Waals surface area contributed by atoms with Crippen LogP contribution in [-0.2, 0) is 10.8 Å². The maximum absolute atomic E-state index is 12.2. The van der Waals surface area contributed by atoms with Crippen molar-refractivity contribution in [2.75, 3.05) is 9.80 Å². The monoisotopic (exact) mass is 1590 g/mol. The number of hydrogen-bond donors (Lipinski definition) is 0. The van der Waals surface area contributed by atoms with Crippen LogP contribution < -0.4 is 26.2 Å². The Morgan fingerprint density at radius 3 is 1.50 bits per heavy atom. The van der Waals surface area contributed by atoms with Crippen molar-refractivity contribution in [3.63, 3.8) is 0 Å². The van der Waals surface area contributed by atoms with Crippen LogP contribution in [0.2, 0.25) is 0 Å². The Hall–Kier alpha value is -12.8. The smallest absolute Gasteiger partial charge is 0.252 e. The minimum Gasteiger partial charge on any atom is -0.455 e. The topological polar surface area (TPSA) is 42.6 Å². The second-order valence-electron chi connectivity index (χ2n) is 36.7. The van der Waals surface area contributed by atoms with Crippen molar-refractivity contribution in [1.29, 1.82) is 0 Å². The molecule has 23 rings (SSSR count). The van der Waals surface area contributed by atoms with Crippen LogP contribution in [-0.4, -0.2) is 21.9 Å². The van der Waals surface area contributed by atoms with Crippen LogP contribution in [0.15, 0.2) is 335 Å². The van der Waals surface area contributed by atoms with Crippen LogP contribution in [0.4, 0.5) is 28.4 Å². The summed E-state index contributed by atoms with van der Waals surface area (Å²) in [6.45, 7) is 18.0. The molecule has 590 valence electrons. The molecule has 6 nitrogen and oxygen atoms in total. The van der Waals surface area contributed by atoms with Crippen molar-refractivity contribution < 1.29 is 36.2 Å². The molecular formula is C114H99BN4O2. The van der Waals surface area contributed by atoms with E-state index in [2.05, 4.69) is 116 Å². The van der Waals surface area contributed by atoms with Gasteiger partial charge in [-0.05, 0) is 232 Å². The molecule has 0 fully saturated rings. The number of aromatic nitrogens is 2. The number of allylic oxidation sites excluding steroid dienone is 4. The summed E-state index contributed by atoms with van der Waals surface area (Å²) in [5, 5.41) is 1.88. The first-order valence-electron chi connectivity index (χ1n) is 52.6. The summed E-state index contributed by atoms with van der Waals surface area (Å²) in [5.41, 5.74) is 6.41. The highest BCUT2D eigenvalue weighted by atomic mass is 16.3. The molecule has 0 spiro atoms. The fourth-order valence-electron chi connectivity index (χ4n) is 20.3. The third kappa shape index (κ3) is 11.8. The predicted octanol–water partition coefficient (Wildman–Crippen LogP) is 29.5. The van der Waals surface area contributed by atoms with Gasteiger partial charge in [0.1, 0.15) is 22.3 Å². The van der Waals surface area contributed by atoms with E-state index in [1.165, 1.54) is 14.7 Å². The fourth-order valence-corrected chi connectivity index (χ4v) is 20.3. The van der Waals surface area contributed by atoms with Gasteiger partial charge in [-0.1, -0.05) is 286 Å². The van der Waals surface area contributed by atoms with E-state index in [-0.39, 0.29) is 111 Å². The lowest BCUT2D eigenvalue weighted by Crippen LogP contribution is -2.64. The van der Waals surface area contributed by atoms with Crippen molar-refractivity contribution in [3.05, 3.63) is 337 Å². The second kappa shape index (κ2) is 27.9. The van der Waals surface area contributed by atoms with Gasteiger partial charge >= 0.3 is 0 Å². The third-order valence-electron chi connectivity index (χ3n) is 26.5. The molecular weight excluding hydrogens is 1470 g/mol. The Balaban J connectivity index is 0.922. The van der Waals surface area contributed by atoms with Gasteiger partial charge in [0, 0.05) is 105 Å². The van der Waals surface area contributed by atoms with Gasteiger partial charge < -0.3 is 27.8 Å². The van der Waals surface area contributed by atoms with Crippen LogP contribution in [0.3, 0.4) is 0 Å². The van der Waals surface area contributed by atoms with Crippen LogP contribution >= 0.6 is 0 Å². The number of fused-ring (bicyclic) bond motifs is 16. The summed E-state index contributed by atoms with van der Waals surface area (Å²) in [6.07, 6.45) is 15.4. The van der Waals surface area contributed by atoms with Crippen LogP contribution in [0.1, 0.15) is 152 Å². The standard InChI is InChI=1S/C114H99BN4O2/c1-112(2,3)76-62-89(70-32-14-10-15-33-70)108(90(63-76)71-34-16-11-17-35-71)118-101-68-79(116-97-48-26-22-40-83(97)93-60-74(52-58-99(93)116)81-44-30-46-87-85-42-24-28-50-105(85)120-110(81)87)54-56-95(101)115-96-57-55-80(117-98-49-27-23-41-84(98)94-61-75(53-59-100(94)117)82-45-31-47-88-86-43-25-29-51-106(86)121-111(82)88)69-102(96)119(104-67-78(114(7,8)9)66-103(118)107(104)115)109-91(72-36-18-12-19-37-72)64-77(113(4,5)6)65-92(109)73-38-20-13-21-39-73/h10-12,14-18,22-35,38,40-64,66-69,72,77,92,109H,13,19-21,36-37,39,65H2,1-9H3/i22D,23D,26D,27D,40D,41D,48D,49D,52D,53D,54D,55D,56D,57D,58D,59D,60D,61D,68D,69D. The molecule has 6 heterocycles. The fraction of sp³-hybridized carbons (Fsp3) is 0.211. The zero-order valence-electron chi connectivity index (χ0n) is 89.1.